The van der Waals surface area contributed by atoms with Crippen molar-refractivity contribution in [2.45, 2.75) is 57.5 Å². The fraction of sp³-hybridized carbons (Fsp3) is 0.480. The highest BCUT2D eigenvalue weighted by molar-refractivity contribution is 6.30. The Balaban J connectivity index is 1.30. The van der Waals surface area contributed by atoms with Gasteiger partial charge in [-0.2, -0.15) is 0 Å². The van der Waals surface area contributed by atoms with Gasteiger partial charge in [0.2, 0.25) is 0 Å². The molecule has 0 spiro atoms. The van der Waals surface area contributed by atoms with Crippen LogP contribution in [0.5, 0.6) is 0 Å². The molecule has 2 fully saturated rings. The summed E-state index contributed by atoms with van der Waals surface area (Å²) < 4.78 is 0. The molecule has 154 valence electrons. The minimum atomic E-state index is 0.0690. The van der Waals surface area contributed by atoms with Gasteiger partial charge in [0, 0.05) is 22.7 Å². The molecule has 0 unspecified atom stereocenters. The largest absolute Gasteiger partial charge is 0.348 e. The lowest BCUT2D eigenvalue weighted by atomic mass is 9.89. The molecule has 1 N–H and O–H groups in total. The summed E-state index contributed by atoms with van der Waals surface area (Å²) in [5, 5.41) is 4.13. The molecule has 4 rings (SSSR count). The molecule has 1 aliphatic heterocycles. The number of hydrogen-bond acceptors (Lipinski definition) is 2. The summed E-state index contributed by atoms with van der Waals surface area (Å²) >= 11 is 6.01. The predicted molar refractivity (Wildman–Crippen MR) is 120 cm³/mol. The number of rotatable bonds is 5. The van der Waals surface area contributed by atoms with Crippen molar-refractivity contribution in [2.75, 3.05) is 13.1 Å². The molecule has 0 aromatic heterocycles. The summed E-state index contributed by atoms with van der Waals surface area (Å²) in [7, 11) is 0. The molecule has 1 aliphatic carbocycles. The molecule has 3 nitrogen and oxygen atoms in total. The molecular weight excluding hydrogens is 380 g/mol. The predicted octanol–water partition coefficient (Wildman–Crippen LogP) is 5.25. The lowest BCUT2D eigenvalue weighted by Crippen LogP contribution is -2.51. The molecule has 1 heterocycles. The minimum Gasteiger partial charge on any atom is -0.348 e. The van der Waals surface area contributed by atoms with E-state index in [0.717, 1.165) is 42.4 Å². The molecule has 2 atom stereocenters. The zero-order valence-electron chi connectivity index (χ0n) is 17.2. The number of halogens is 1. The maximum atomic E-state index is 12.7. The van der Waals surface area contributed by atoms with Crippen LogP contribution >= 0.6 is 11.6 Å². The van der Waals surface area contributed by atoms with Crippen LogP contribution in [0.2, 0.25) is 5.02 Å². The van der Waals surface area contributed by atoms with Gasteiger partial charge in [0.1, 0.15) is 0 Å². The molecule has 29 heavy (non-hydrogen) atoms. The van der Waals surface area contributed by atoms with Crippen LogP contribution in [0, 0.1) is 12.8 Å². The van der Waals surface area contributed by atoms with E-state index in [-0.39, 0.29) is 11.9 Å². The Bertz CT molecular complexity index is 810. The van der Waals surface area contributed by atoms with Crippen LogP contribution in [0.1, 0.15) is 53.6 Å². The second-order valence-electron chi connectivity index (χ2n) is 8.75. The smallest absolute Gasteiger partial charge is 0.251 e. The van der Waals surface area contributed by atoms with Gasteiger partial charge in [0.05, 0.1) is 0 Å². The van der Waals surface area contributed by atoms with Gasteiger partial charge in [-0.3, -0.25) is 9.69 Å². The van der Waals surface area contributed by atoms with Crippen molar-refractivity contribution in [3.05, 3.63) is 70.2 Å². The van der Waals surface area contributed by atoms with Crippen LogP contribution in [0.25, 0.3) is 0 Å². The highest BCUT2D eigenvalue weighted by Gasteiger charge is 2.35. The number of likely N-dealkylation sites (tertiary alicyclic amines) is 1. The van der Waals surface area contributed by atoms with Crippen LogP contribution < -0.4 is 5.32 Å². The molecule has 1 saturated heterocycles. The van der Waals surface area contributed by atoms with Gasteiger partial charge in [-0.25, -0.2) is 0 Å². The van der Waals surface area contributed by atoms with E-state index in [1.54, 1.807) is 0 Å². The summed E-state index contributed by atoms with van der Waals surface area (Å²) in [5.74, 6) is 0.814. The fourth-order valence-corrected chi connectivity index (χ4v) is 5.07. The number of carbonyl (C=O) groups is 1. The van der Waals surface area contributed by atoms with E-state index >= 15 is 0 Å². The fourth-order valence-electron chi connectivity index (χ4n) is 4.95. The third-order valence-corrected chi connectivity index (χ3v) is 6.92. The molecular formula is C25H31ClN2O. The summed E-state index contributed by atoms with van der Waals surface area (Å²) in [6.45, 7) is 4.32. The first-order valence-electron chi connectivity index (χ1n) is 10.9. The van der Waals surface area contributed by atoms with Gasteiger partial charge in [0.15, 0.2) is 0 Å². The summed E-state index contributed by atoms with van der Waals surface area (Å²) in [4.78, 5) is 15.3. The van der Waals surface area contributed by atoms with Gasteiger partial charge < -0.3 is 5.32 Å². The summed E-state index contributed by atoms with van der Waals surface area (Å²) in [6.07, 6.45) is 7.10. The van der Waals surface area contributed by atoms with E-state index in [0.29, 0.717) is 6.04 Å². The Labute approximate surface area is 179 Å². The lowest BCUT2D eigenvalue weighted by molar-refractivity contribution is 0.0862. The third-order valence-electron chi connectivity index (χ3n) is 6.67. The number of piperidine rings is 1. The standard InChI is InChI=1S/C25H31ClN2O/c1-18-5-9-21(10-6-18)25(29)27-23-3-2-4-24(23)28-15-13-20(14-16-28)17-19-7-11-22(26)12-8-19/h5-12,20,23-24H,2-4,13-17H2,1H3,(H,27,29)/t23-,24-/m1/s1. The van der Waals surface area contributed by atoms with Crippen LogP contribution in [0.15, 0.2) is 48.5 Å². The summed E-state index contributed by atoms with van der Waals surface area (Å²) in [6, 6.07) is 16.9. The van der Waals surface area contributed by atoms with Gasteiger partial charge >= 0.3 is 0 Å². The number of amides is 1. The lowest BCUT2D eigenvalue weighted by Gasteiger charge is -2.38. The summed E-state index contributed by atoms with van der Waals surface area (Å²) in [5.41, 5.74) is 3.33. The van der Waals surface area contributed by atoms with Gasteiger partial charge in [-0.05, 0) is 94.3 Å². The van der Waals surface area contributed by atoms with Crippen LogP contribution in [0.3, 0.4) is 0 Å². The third kappa shape index (κ3) is 5.21. The Morgan fingerprint density at radius 2 is 1.69 bits per heavy atom. The molecule has 0 radical (unpaired) electrons. The van der Waals surface area contributed by atoms with Crippen molar-refractivity contribution in [3.63, 3.8) is 0 Å². The van der Waals surface area contributed by atoms with Gasteiger partial charge in [-0.1, -0.05) is 41.4 Å². The first-order valence-corrected chi connectivity index (χ1v) is 11.3. The topological polar surface area (TPSA) is 32.3 Å². The Morgan fingerprint density at radius 1 is 1.00 bits per heavy atom. The van der Waals surface area contributed by atoms with Crippen molar-refractivity contribution in [2.24, 2.45) is 5.92 Å². The normalized spacial score (nSPS) is 23.2. The Morgan fingerprint density at radius 3 is 2.38 bits per heavy atom. The average Bonchev–Trinajstić information content (AvgIpc) is 3.19. The van der Waals surface area contributed by atoms with Gasteiger partial charge in [-0.15, -0.1) is 0 Å². The number of carbonyl (C=O) groups excluding carboxylic acids is 1. The van der Waals surface area contributed by atoms with E-state index in [1.165, 1.54) is 36.8 Å². The van der Waals surface area contributed by atoms with E-state index in [1.807, 2.05) is 43.3 Å². The van der Waals surface area contributed by atoms with Crippen LogP contribution in [-0.4, -0.2) is 36.0 Å². The SMILES string of the molecule is Cc1ccc(C(=O)N[C@@H]2CCC[C@H]2N2CCC(Cc3ccc(Cl)cc3)CC2)cc1. The Hall–Kier alpha value is -1.84. The van der Waals surface area contributed by atoms with E-state index < -0.39 is 0 Å². The molecule has 1 amide bonds. The van der Waals surface area contributed by atoms with E-state index in [9.17, 15) is 4.79 Å². The maximum Gasteiger partial charge on any atom is 0.251 e. The minimum absolute atomic E-state index is 0.0690. The molecule has 2 aliphatic rings. The quantitative estimate of drug-likeness (QED) is 0.729. The molecule has 0 bridgehead atoms. The first kappa shape index (κ1) is 20.4. The molecule has 4 heteroatoms. The van der Waals surface area contributed by atoms with Crippen molar-refractivity contribution in [3.8, 4) is 0 Å². The number of nitrogens with one attached hydrogen (secondary N) is 1. The van der Waals surface area contributed by atoms with Crippen molar-refractivity contribution >= 4 is 17.5 Å². The molecule has 2 aromatic rings. The van der Waals surface area contributed by atoms with Crippen molar-refractivity contribution < 1.29 is 4.79 Å². The molecule has 2 aromatic carbocycles. The maximum absolute atomic E-state index is 12.7. The van der Waals surface area contributed by atoms with E-state index in [4.69, 9.17) is 11.6 Å². The highest BCUT2D eigenvalue weighted by atomic mass is 35.5. The van der Waals surface area contributed by atoms with Crippen LogP contribution in [-0.2, 0) is 6.42 Å². The number of nitrogens with zero attached hydrogens (tertiary/aromatic N) is 1. The number of hydrogen-bond donors (Lipinski definition) is 1. The second kappa shape index (κ2) is 9.32. The Kier molecular flexibility index (Phi) is 6.56. The van der Waals surface area contributed by atoms with Crippen molar-refractivity contribution in [1.29, 1.82) is 0 Å². The second-order valence-corrected chi connectivity index (χ2v) is 9.19. The zero-order chi connectivity index (χ0) is 20.2. The number of benzene rings is 2. The monoisotopic (exact) mass is 410 g/mol. The van der Waals surface area contributed by atoms with Crippen molar-refractivity contribution in [1.82, 2.24) is 10.2 Å². The molecule has 1 saturated carbocycles. The first-order chi connectivity index (χ1) is 14.1. The van der Waals surface area contributed by atoms with E-state index in [2.05, 4.69) is 22.3 Å². The average molecular weight is 411 g/mol. The zero-order valence-corrected chi connectivity index (χ0v) is 18.0. The highest BCUT2D eigenvalue weighted by Crippen LogP contribution is 2.30. The van der Waals surface area contributed by atoms with Gasteiger partial charge in [0.25, 0.3) is 5.91 Å². The van der Waals surface area contributed by atoms with Crippen LogP contribution in [0.4, 0.5) is 0 Å². The number of aryl methyl sites for hydroxylation is 1.